The maximum absolute atomic E-state index is 12.5. The maximum atomic E-state index is 12.5. The fourth-order valence-corrected chi connectivity index (χ4v) is 3.57. The van der Waals surface area contributed by atoms with Gasteiger partial charge in [0.15, 0.2) is 0 Å². The van der Waals surface area contributed by atoms with Crippen LogP contribution in [0.3, 0.4) is 0 Å². The number of methoxy groups -OCH3 is 1. The number of hydrogen-bond donors (Lipinski definition) is 1. The zero-order chi connectivity index (χ0) is 17.4. The van der Waals surface area contributed by atoms with E-state index in [1.54, 1.807) is 22.9 Å². The number of hydrogen-bond acceptors (Lipinski definition) is 5. The summed E-state index contributed by atoms with van der Waals surface area (Å²) in [6.45, 7) is 3.76. The van der Waals surface area contributed by atoms with E-state index in [-0.39, 0.29) is 5.91 Å². The lowest BCUT2D eigenvalue weighted by atomic mass is 10.1. The summed E-state index contributed by atoms with van der Waals surface area (Å²) in [7, 11) is 3.20. The van der Waals surface area contributed by atoms with Gasteiger partial charge < -0.3 is 10.1 Å². The number of fused-ring (bicyclic) bond motifs is 1. The first kappa shape index (κ1) is 16.2. The van der Waals surface area contributed by atoms with Crippen LogP contribution >= 0.6 is 11.3 Å². The SMILES string of the molecule is COC(=O)c1ccc(NC(=O)c2cc3c(C)nn(C)c3s2)c(C)c1. The van der Waals surface area contributed by atoms with E-state index in [0.29, 0.717) is 16.1 Å². The van der Waals surface area contributed by atoms with Crippen molar-refractivity contribution in [1.29, 1.82) is 0 Å². The molecular formula is C17H17N3O3S. The van der Waals surface area contributed by atoms with Crippen LogP contribution in [-0.2, 0) is 11.8 Å². The smallest absolute Gasteiger partial charge is 0.337 e. The van der Waals surface area contributed by atoms with E-state index in [2.05, 4.69) is 10.4 Å². The van der Waals surface area contributed by atoms with Crippen molar-refractivity contribution >= 4 is 39.1 Å². The van der Waals surface area contributed by atoms with E-state index in [4.69, 9.17) is 4.74 Å². The Kier molecular flexibility index (Phi) is 4.11. The lowest BCUT2D eigenvalue weighted by molar-refractivity contribution is 0.0600. The van der Waals surface area contributed by atoms with Crippen LogP contribution < -0.4 is 5.32 Å². The summed E-state index contributed by atoms with van der Waals surface area (Å²) < 4.78 is 6.48. The fourth-order valence-electron chi connectivity index (χ4n) is 2.55. The van der Waals surface area contributed by atoms with E-state index >= 15 is 0 Å². The standard InChI is InChI=1S/C17H17N3O3S/c1-9-7-11(17(22)23-4)5-6-13(9)18-15(21)14-8-12-10(2)19-20(3)16(12)24-14/h5-8H,1-4H3,(H,18,21). The van der Waals surface area contributed by atoms with Gasteiger partial charge in [0.2, 0.25) is 0 Å². The summed E-state index contributed by atoms with van der Waals surface area (Å²) in [5.74, 6) is -0.576. The van der Waals surface area contributed by atoms with Crippen LogP contribution in [0.5, 0.6) is 0 Å². The molecule has 24 heavy (non-hydrogen) atoms. The first-order valence-electron chi connectivity index (χ1n) is 7.34. The van der Waals surface area contributed by atoms with Crippen molar-refractivity contribution in [3.8, 4) is 0 Å². The van der Waals surface area contributed by atoms with Crippen LogP contribution in [0.25, 0.3) is 10.2 Å². The van der Waals surface area contributed by atoms with Gasteiger partial charge in [-0.05, 0) is 43.7 Å². The molecule has 1 N–H and O–H groups in total. The van der Waals surface area contributed by atoms with E-state index in [0.717, 1.165) is 21.5 Å². The molecule has 0 radical (unpaired) electrons. The molecule has 0 saturated carbocycles. The topological polar surface area (TPSA) is 73.2 Å². The average Bonchev–Trinajstić information content (AvgIpc) is 3.10. The fraction of sp³-hybridized carbons (Fsp3) is 0.235. The second-order valence-corrected chi connectivity index (χ2v) is 6.54. The van der Waals surface area contributed by atoms with Gasteiger partial charge in [-0.2, -0.15) is 5.10 Å². The van der Waals surface area contributed by atoms with Crippen molar-refractivity contribution in [2.45, 2.75) is 13.8 Å². The quantitative estimate of drug-likeness (QED) is 0.741. The van der Waals surface area contributed by atoms with E-state index < -0.39 is 5.97 Å². The lowest BCUT2D eigenvalue weighted by Crippen LogP contribution is -2.12. The average molecular weight is 343 g/mol. The van der Waals surface area contributed by atoms with Gasteiger partial charge in [0.05, 0.1) is 23.2 Å². The van der Waals surface area contributed by atoms with Crippen molar-refractivity contribution in [3.63, 3.8) is 0 Å². The van der Waals surface area contributed by atoms with Crippen molar-refractivity contribution in [2.24, 2.45) is 7.05 Å². The molecule has 124 valence electrons. The molecule has 0 aliphatic carbocycles. The summed E-state index contributed by atoms with van der Waals surface area (Å²) >= 11 is 1.40. The molecule has 0 spiro atoms. The third-order valence-corrected chi connectivity index (χ3v) is 5.02. The molecule has 3 rings (SSSR count). The van der Waals surface area contributed by atoms with Crippen molar-refractivity contribution in [1.82, 2.24) is 9.78 Å². The maximum Gasteiger partial charge on any atom is 0.337 e. The molecule has 0 saturated heterocycles. The van der Waals surface area contributed by atoms with Gasteiger partial charge >= 0.3 is 5.97 Å². The van der Waals surface area contributed by atoms with Crippen LogP contribution in [0.2, 0.25) is 0 Å². The molecule has 0 aliphatic heterocycles. The third-order valence-electron chi connectivity index (χ3n) is 3.82. The molecule has 7 heteroatoms. The number of thiophene rings is 1. The van der Waals surface area contributed by atoms with Gasteiger partial charge in [-0.15, -0.1) is 11.3 Å². The molecule has 2 heterocycles. The first-order chi connectivity index (χ1) is 11.4. The highest BCUT2D eigenvalue weighted by molar-refractivity contribution is 7.20. The Bertz CT molecular complexity index is 921. The Morgan fingerprint density at radius 3 is 2.62 bits per heavy atom. The largest absolute Gasteiger partial charge is 0.465 e. The molecule has 1 aromatic carbocycles. The predicted molar refractivity (Wildman–Crippen MR) is 93.8 cm³/mol. The minimum absolute atomic E-state index is 0.176. The Labute approximate surface area is 143 Å². The van der Waals surface area contributed by atoms with Crippen molar-refractivity contribution in [2.75, 3.05) is 12.4 Å². The molecule has 0 aliphatic rings. The summed E-state index contributed by atoms with van der Waals surface area (Å²) in [5, 5.41) is 8.22. The number of esters is 1. The molecule has 1 amide bonds. The van der Waals surface area contributed by atoms with E-state index in [1.165, 1.54) is 18.4 Å². The van der Waals surface area contributed by atoms with Gasteiger partial charge in [-0.1, -0.05) is 0 Å². The molecule has 6 nitrogen and oxygen atoms in total. The number of carbonyl (C=O) groups excluding carboxylic acids is 2. The normalized spacial score (nSPS) is 10.8. The second-order valence-electron chi connectivity index (χ2n) is 5.51. The minimum atomic E-state index is -0.400. The van der Waals surface area contributed by atoms with Crippen LogP contribution in [0.15, 0.2) is 24.3 Å². The third kappa shape index (κ3) is 2.78. The summed E-state index contributed by atoms with van der Waals surface area (Å²) in [6.07, 6.45) is 0. The minimum Gasteiger partial charge on any atom is -0.465 e. The number of rotatable bonds is 3. The van der Waals surface area contributed by atoms with Gasteiger partial charge in [0, 0.05) is 18.1 Å². The lowest BCUT2D eigenvalue weighted by Gasteiger charge is -2.09. The summed E-state index contributed by atoms with van der Waals surface area (Å²) in [6, 6.07) is 6.89. The van der Waals surface area contributed by atoms with Crippen molar-refractivity contribution in [3.05, 3.63) is 46.0 Å². The number of nitrogens with zero attached hydrogens (tertiary/aromatic N) is 2. The number of nitrogens with one attached hydrogen (secondary N) is 1. The molecular weight excluding hydrogens is 326 g/mol. The molecule has 2 aromatic heterocycles. The van der Waals surface area contributed by atoms with E-state index in [9.17, 15) is 9.59 Å². The number of ether oxygens (including phenoxy) is 1. The Morgan fingerprint density at radius 2 is 2.00 bits per heavy atom. The van der Waals surface area contributed by atoms with Crippen LogP contribution in [0, 0.1) is 13.8 Å². The number of anilines is 1. The van der Waals surface area contributed by atoms with Crippen LogP contribution in [-0.4, -0.2) is 28.8 Å². The highest BCUT2D eigenvalue weighted by Gasteiger charge is 2.16. The molecule has 0 fully saturated rings. The summed E-state index contributed by atoms with van der Waals surface area (Å²) in [4.78, 5) is 25.6. The van der Waals surface area contributed by atoms with Gasteiger partial charge in [0.1, 0.15) is 4.83 Å². The Balaban J connectivity index is 1.85. The molecule has 0 atom stereocenters. The molecule has 0 bridgehead atoms. The van der Waals surface area contributed by atoms with Gasteiger partial charge in [-0.3, -0.25) is 9.48 Å². The van der Waals surface area contributed by atoms with Crippen LogP contribution in [0.1, 0.15) is 31.3 Å². The number of aromatic nitrogens is 2. The number of amides is 1. The monoisotopic (exact) mass is 343 g/mol. The highest BCUT2D eigenvalue weighted by Crippen LogP contribution is 2.28. The predicted octanol–water partition coefficient (Wildman–Crippen LogP) is 3.29. The molecule has 3 aromatic rings. The highest BCUT2D eigenvalue weighted by atomic mass is 32.1. The summed E-state index contributed by atoms with van der Waals surface area (Å²) in [5.41, 5.74) is 2.82. The number of aryl methyl sites for hydroxylation is 3. The van der Waals surface area contributed by atoms with Gasteiger partial charge in [-0.25, -0.2) is 4.79 Å². The van der Waals surface area contributed by atoms with Gasteiger partial charge in [0.25, 0.3) is 5.91 Å². The second kappa shape index (κ2) is 6.09. The first-order valence-corrected chi connectivity index (χ1v) is 8.16. The van der Waals surface area contributed by atoms with Crippen molar-refractivity contribution < 1.29 is 14.3 Å². The molecule has 0 unspecified atom stereocenters. The Hall–Kier alpha value is -2.67. The number of benzene rings is 1. The zero-order valence-corrected chi connectivity index (χ0v) is 14.7. The number of carbonyl (C=O) groups is 2. The Morgan fingerprint density at radius 1 is 1.25 bits per heavy atom. The van der Waals surface area contributed by atoms with Crippen LogP contribution in [0.4, 0.5) is 5.69 Å². The van der Waals surface area contributed by atoms with E-state index in [1.807, 2.05) is 27.0 Å². The zero-order valence-electron chi connectivity index (χ0n) is 13.8.